The fraction of sp³-hybridized carbons (Fsp3) is 0.273. The smallest absolute Gasteiger partial charge is 0.124 e. The third-order valence-electron chi connectivity index (χ3n) is 1.65. The molecule has 0 unspecified atom stereocenters. The summed E-state index contributed by atoms with van der Waals surface area (Å²) in [6.45, 7) is 0.867. The van der Waals surface area contributed by atoms with Gasteiger partial charge in [0.2, 0.25) is 0 Å². The predicted octanol–water partition coefficient (Wildman–Crippen LogP) is 2.55. The zero-order valence-corrected chi connectivity index (χ0v) is 9.49. The van der Waals surface area contributed by atoms with Crippen molar-refractivity contribution in [1.82, 2.24) is 5.32 Å². The van der Waals surface area contributed by atoms with E-state index in [9.17, 15) is 4.39 Å². The molecule has 74 valence electrons. The summed E-state index contributed by atoms with van der Waals surface area (Å²) in [4.78, 5) is 0. The first-order valence-electron chi connectivity index (χ1n) is 4.32. The second kappa shape index (κ2) is 5.79. The molecule has 0 bridgehead atoms. The van der Waals surface area contributed by atoms with Crippen LogP contribution in [-0.4, -0.2) is 13.6 Å². The van der Waals surface area contributed by atoms with Gasteiger partial charge in [0.15, 0.2) is 0 Å². The molecule has 0 aliphatic rings. The molecule has 1 aromatic carbocycles. The number of hydrogen-bond acceptors (Lipinski definition) is 1. The van der Waals surface area contributed by atoms with Gasteiger partial charge >= 0.3 is 0 Å². The van der Waals surface area contributed by atoms with Gasteiger partial charge in [-0.05, 0) is 41.2 Å². The molecule has 0 heterocycles. The fourth-order valence-corrected chi connectivity index (χ4v) is 1.39. The highest BCUT2D eigenvalue weighted by atomic mass is 79.9. The monoisotopic (exact) mass is 255 g/mol. The summed E-state index contributed by atoms with van der Waals surface area (Å²) in [6.07, 6.45) is 0.792. The Labute approximate surface area is 91.8 Å². The molecule has 0 aliphatic heterocycles. The van der Waals surface area contributed by atoms with Crippen molar-refractivity contribution >= 4 is 15.9 Å². The quantitative estimate of drug-likeness (QED) is 0.633. The molecule has 0 spiro atoms. The van der Waals surface area contributed by atoms with Crippen LogP contribution in [0.15, 0.2) is 22.7 Å². The van der Waals surface area contributed by atoms with Gasteiger partial charge < -0.3 is 5.32 Å². The Bertz CT molecular complexity index is 365. The van der Waals surface area contributed by atoms with E-state index in [1.165, 1.54) is 12.1 Å². The molecule has 1 nitrogen and oxygen atoms in total. The molecule has 14 heavy (non-hydrogen) atoms. The lowest BCUT2D eigenvalue weighted by Crippen LogP contribution is -2.05. The maximum Gasteiger partial charge on any atom is 0.124 e. The molecule has 1 N–H and O–H groups in total. The molecule has 0 radical (unpaired) electrons. The topological polar surface area (TPSA) is 12.0 Å². The summed E-state index contributed by atoms with van der Waals surface area (Å²) in [7, 11) is 1.88. The van der Waals surface area contributed by atoms with Crippen molar-refractivity contribution in [3.8, 4) is 11.8 Å². The summed E-state index contributed by atoms with van der Waals surface area (Å²) in [5.41, 5.74) is 0.822. The lowest BCUT2D eigenvalue weighted by atomic mass is 10.2. The van der Waals surface area contributed by atoms with Gasteiger partial charge in [-0.25, -0.2) is 4.39 Å². The normalized spacial score (nSPS) is 9.36. The first kappa shape index (κ1) is 11.2. The third-order valence-corrected chi connectivity index (χ3v) is 2.31. The molecule has 0 amide bonds. The highest BCUT2D eigenvalue weighted by Gasteiger charge is 1.97. The maximum absolute atomic E-state index is 12.7. The molecule has 0 fully saturated rings. The number of hydrogen-bond donors (Lipinski definition) is 1. The third kappa shape index (κ3) is 3.49. The Kier molecular flexibility index (Phi) is 4.64. The van der Waals surface area contributed by atoms with Crippen molar-refractivity contribution in [3.05, 3.63) is 34.1 Å². The van der Waals surface area contributed by atoms with Crippen molar-refractivity contribution in [3.63, 3.8) is 0 Å². The van der Waals surface area contributed by atoms with E-state index in [0.717, 1.165) is 18.5 Å². The molecule has 1 aromatic rings. The zero-order chi connectivity index (χ0) is 10.4. The van der Waals surface area contributed by atoms with E-state index >= 15 is 0 Å². The minimum absolute atomic E-state index is 0.252. The van der Waals surface area contributed by atoms with E-state index in [2.05, 4.69) is 33.1 Å². The summed E-state index contributed by atoms with van der Waals surface area (Å²) in [5, 5.41) is 3.00. The molecular formula is C11H11BrFN. The van der Waals surface area contributed by atoms with E-state index in [-0.39, 0.29) is 5.82 Å². The van der Waals surface area contributed by atoms with Gasteiger partial charge in [0.05, 0.1) is 0 Å². The Morgan fingerprint density at radius 3 is 2.93 bits per heavy atom. The van der Waals surface area contributed by atoms with E-state index in [0.29, 0.717) is 4.47 Å². The van der Waals surface area contributed by atoms with E-state index < -0.39 is 0 Å². The van der Waals surface area contributed by atoms with Crippen LogP contribution in [0.1, 0.15) is 12.0 Å². The molecule has 0 aliphatic carbocycles. The Hall–Kier alpha value is -0.850. The van der Waals surface area contributed by atoms with Crippen molar-refractivity contribution in [1.29, 1.82) is 0 Å². The summed E-state index contributed by atoms with van der Waals surface area (Å²) < 4.78 is 13.4. The highest BCUT2D eigenvalue weighted by Crippen LogP contribution is 2.16. The molecule has 0 saturated carbocycles. The number of nitrogens with one attached hydrogen (secondary N) is 1. The van der Waals surface area contributed by atoms with Crippen LogP contribution in [0, 0.1) is 17.7 Å². The van der Waals surface area contributed by atoms with Gasteiger partial charge in [-0.1, -0.05) is 11.8 Å². The van der Waals surface area contributed by atoms with Crippen LogP contribution < -0.4 is 5.32 Å². The van der Waals surface area contributed by atoms with E-state index in [1.54, 1.807) is 6.07 Å². The first-order valence-corrected chi connectivity index (χ1v) is 5.12. The minimum Gasteiger partial charge on any atom is -0.319 e. The van der Waals surface area contributed by atoms with Gasteiger partial charge in [-0.3, -0.25) is 0 Å². The second-order valence-electron chi connectivity index (χ2n) is 2.78. The zero-order valence-electron chi connectivity index (χ0n) is 7.90. The molecule has 1 rings (SSSR count). The van der Waals surface area contributed by atoms with Crippen molar-refractivity contribution in [2.75, 3.05) is 13.6 Å². The van der Waals surface area contributed by atoms with Crippen molar-refractivity contribution < 1.29 is 4.39 Å². The lowest BCUT2D eigenvalue weighted by Gasteiger charge is -1.95. The lowest BCUT2D eigenvalue weighted by molar-refractivity contribution is 0.627. The van der Waals surface area contributed by atoms with Crippen LogP contribution >= 0.6 is 15.9 Å². The standard InChI is InChI=1S/C11H11BrFN/c1-14-7-3-2-4-9-5-6-10(13)8-11(9)12/h5-6,8,14H,3,7H2,1H3. The van der Waals surface area contributed by atoms with Crippen LogP contribution in [0.4, 0.5) is 4.39 Å². The van der Waals surface area contributed by atoms with Gasteiger partial charge in [-0.2, -0.15) is 0 Å². The van der Waals surface area contributed by atoms with Gasteiger partial charge in [-0.15, -0.1) is 0 Å². The molecule has 0 saturated heterocycles. The SMILES string of the molecule is CNCCC#Cc1ccc(F)cc1Br. The predicted molar refractivity (Wildman–Crippen MR) is 59.5 cm³/mol. The van der Waals surface area contributed by atoms with Gasteiger partial charge in [0.25, 0.3) is 0 Å². The molecular weight excluding hydrogens is 245 g/mol. The average molecular weight is 256 g/mol. The summed E-state index contributed by atoms with van der Waals surface area (Å²) in [6, 6.07) is 4.50. The van der Waals surface area contributed by atoms with Crippen LogP contribution in [0.2, 0.25) is 0 Å². The van der Waals surface area contributed by atoms with Crippen molar-refractivity contribution in [2.45, 2.75) is 6.42 Å². The van der Waals surface area contributed by atoms with Gasteiger partial charge in [0.1, 0.15) is 5.82 Å². The Balaban J connectivity index is 2.70. The largest absolute Gasteiger partial charge is 0.319 e. The minimum atomic E-state index is -0.252. The maximum atomic E-state index is 12.7. The fourth-order valence-electron chi connectivity index (χ4n) is 0.936. The van der Waals surface area contributed by atoms with Gasteiger partial charge in [0, 0.05) is 23.0 Å². The average Bonchev–Trinajstić information content (AvgIpc) is 2.15. The molecule has 0 aromatic heterocycles. The molecule has 0 atom stereocenters. The summed E-state index contributed by atoms with van der Waals surface area (Å²) in [5.74, 6) is 5.72. The van der Waals surface area contributed by atoms with Crippen LogP contribution in [0.3, 0.4) is 0 Å². The highest BCUT2D eigenvalue weighted by molar-refractivity contribution is 9.10. The number of halogens is 2. The van der Waals surface area contributed by atoms with E-state index in [4.69, 9.17) is 0 Å². The van der Waals surface area contributed by atoms with Crippen LogP contribution in [-0.2, 0) is 0 Å². The van der Waals surface area contributed by atoms with E-state index in [1.807, 2.05) is 7.05 Å². The number of benzene rings is 1. The Morgan fingerprint density at radius 2 is 2.29 bits per heavy atom. The Morgan fingerprint density at radius 1 is 1.50 bits per heavy atom. The van der Waals surface area contributed by atoms with Crippen LogP contribution in [0.25, 0.3) is 0 Å². The first-order chi connectivity index (χ1) is 6.74. The van der Waals surface area contributed by atoms with Crippen molar-refractivity contribution in [2.24, 2.45) is 0 Å². The second-order valence-corrected chi connectivity index (χ2v) is 3.63. The number of rotatable bonds is 2. The summed E-state index contributed by atoms with van der Waals surface area (Å²) >= 11 is 3.26. The molecule has 3 heteroatoms. The van der Waals surface area contributed by atoms with Crippen LogP contribution in [0.5, 0.6) is 0 Å².